The van der Waals surface area contributed by atoms with E-state index in [0.29, 0.717) is 6.04 Å². The Labute approximate surface area is 131 Å². The number of hydrazine groups is 1. The Morgan fingerprint density at radius 1 is 1.38 bits per heavy atom. The monoisotopic (exact) mass is 306 g/mol. The van der Waals surface area contributed by atoms with Gasteiger partial charge in [-0.05, 0) is 49.6 Å². The van der Waals surface area contributed by atoms with Gasteiger partial charge in [-0.25, -0.2) is 0 Å². The van der Waals surface area contributed by atoms with Crippen LogP contribution in [0.25, 0.3) is 0 Å². The van der Waals surface area contributed by atoms with Crippen molar-refractivity contribution in [2.45, 2.75) is 45.7 Å². The second-order valence-corrected chi connectivity index (χ2v) is 5.91. The Balaban J connectivity index is 2.17. The topological polar surface area (TPSA) is 55.9 Å². The van der Waals surface area contributed by atoms with Gasteiger partial charge in [0.1, 0.15) is 0 Å². The number of aryl methyl sites for hydroxylation is 1. The highest BCUT2D eigenvalue weighted by atomic mass is 35.5. The zero-order valence-corrected chi connectivity index (χ0v) is 13.6. The first kappa shape index (κ1) is 16.0. The summed E-state index contributed by atoms with van der Waals surface area (Å²) in [6.45, 7) is 6.37. The second-order valence-electron chi connectivity index (χ2n) is 5.47. The molecule has 2 rings (SSSR count). The molecule has 5 heteroatoms. The summed E-state index contributed by atoms with van der Waals surface area (Å²) in [6.07, 6.45) is 3.85. The third-order valence-corrected chi connectivity index (χ3v) is 4.16. The predicted octanol–water partition coefficient (Wildman–Crippen LogP) is 3.56. The van der Waals surface area contributed by atoms with Crippen LogP contribution in [0.15, 0.2) is 30.5 Å². The first-order chi connectivity index (χ1) is 10.0. The molecule has 0 aliphatic heterocycles. The maximum atomic E-state index is 6.01. The van der Waals surface area contributed by atoms with Crippen molar-refractivity contribution in [3.63, 3.8) is 0 Å². The quantitative estimate of drug-likeness (QED) is 0.634. The number of benzene rings is 1. The zero-order chi connectivity index (χ0) is 15.4. The number of hydrogen-bond donors (Lipinski definition) is 2. The smallest absolute Gasteiger partial charge is 0.0644 e. The number of nitrogens with two attached hydrogens (primary N) is 1. The molecule has 21 heavy (non-hydrogen) atoms. The van der Waals surface area contributed by atoms with Crippen LogP contribution in [0.4, 0.5) is 0 Å². The van der Waals surface area contributed by atoms with E-state index < -0.39 is 0 Å². The van der Waals surface area contributed by atoms with Crippen molar-refractivity contribution in [3.05, 3.63) is 52.3 Å². The number of halogens is 1. The Morgan fingerprint density at radius 3 is 2.76 bits per heavy atom. The van der Waals surface area contributed by atoms with Crippen LogP contribution in [0.5, 0.6) is 0 Å². The summed E-state index contributed by atoms with van der Waals surface area (Å²) in [6, 6.07) is 8.38. The van der Waals surface area contributed by atoms with Crippen molar-refractivity contribution in [2.75, 3.05) is 0 Å². The molecule has 0 saturated heterocycles. The molecule has 0 saturated carbocycles. The van der Waals surface area contributed by atoms with Crippen LogP contribution >= 0.6 is 11.6 Å². The molecule has 1 heterocycles. The molecule has 0 aliphatic rings. The Morgan fingerprint density at radius 2 is 2.14 bits per heavy atom. The van der Waals surface area contributed by atoms with E-state index in [-0.39, 0.29) is 6.04 Å². The highest BCUT2D eigenvalue weighted by Crippen LogP contribution is 2.24. The third kappa shape index (κ3) is 3.84. The predicted molar refractivity (Wildman–Crippen MR) is 87.2 cm³/mol. The van der Waals surface area contributed by atoms with Gasteiger partial charge in [-0.1, -0.05) is 24.6 Å². The Kier molecular flexibility index (Phi) is 5.39. The van der Waals surface area contributed by atoms with Crippen LogP contribution in [0.2, 0.25) is 5.02 Å². The van der Waals surface area contributed by atoms with E-state index in [2.05, 4.69) is 30.4 Å². The van der Waals surface area contributed by atoms with E-state index in [9.17, 15) is 0 Å². The molecule has 114 valence electrons. The Hall–Kier alpha value is -1.36. The molecule has 0 fully saturated rings. The summed E-state index contributed by atoms with van der Waals surface area (Å²) in [4.78, 5) is 0. The number of nitrogens with zero attached hydrogens (tertiary/aromatic N) is 2. The summed E-state index contributed by atoms with van der Waals surface area (Å²) < 4.78 is 2.01. The summed E-state index contributed by atoms with van der Waals surface area (Å²) in [5, 5.41) is 5.38. The van der Waals surface area contributed by atoms with Crippen molar-refractivity contribution < 1.29 is 0 Å². The SMILES string of the molecule is CCC(C)n1ccc(CC(NN)c2ccc(Cl)cc2C)n1. The minimum Gasteiger partial charge on any atom is -0.271 e. The van der Waals surface area contributed by atoms with Gasteiger partial charge in [0, 0.05) is 23.7 Å². The molecular formula is C16H23ClN4. The van der Waals surface area contributed by atoms with Gasteiger partial charge < -0.3 is 0 Å². The van der Waals surface area contributed by atoms with Gasteiger partial charge >= 0.3 is 0 Å². The maximum Gasteiger partial charge on any atom is 0.0644 e. The van der Waals surface area contributed by atoms with Gasteiger partial charge in [0.05, 0.1) is 11.7 Å². The molecule has 0 amide bonds. The summed E-state index contributed by atoms with van der Waals surface area (Å²) >= 11 is 6.01. The van der Waals surface area contributed by atoms with Gasteiger partial charge in [0.15, 0.2) is 0 Å². The normalized spacial score (nSPS) is 14.1. The summed E-state index contributed by atoms with van der Waals surface area (Å²) in [7, 11) is 0. The first-order valence-corrected chi connectivity index (χ1v) is 7.69. The molecular weight excluding hydrogens is 284 g/mol. The van der Waals surface area contributed by atoms with Crippen LogP contribution in [0, 0.1) is 6.92 Å². The van der Waals surface area contributed by atoms with E-state index in [1.807, 2.05) is 36.0 Å². The molecule has 0 aliphatic carbocycles. The molecule has 2 atom stereocenters. The summed E-state index contributed by atoms with van der Waals surface area (Å²) in [5.74, 6) is 5.73. The number of aromatic nitrogens is 2. The standard InChI is InChI=1S/C16H23ClN4/c1-4-12(3)21-8-7-14(20-21)10-16(19-18)15-6-5-13(17)9-11(15)2/h5-9,12,16,19H,4,10,18H2,1-3H3. The third-order valence-electron chi connectivity index (χ3n) is 3.93. The Bertz CT molecular complexity index is 594. The largest absolute Gasteiger partial charge is 0.271 e. The van der Waals surface area contributed by atoms with Crippen molar-refractivity contribution >= 4 is 11.6 Å². The molecule has 1 aromatic heterocycles. The minimum absolute atomic E-state index is 0.0301. The maximum absolute atomic E-state index is 6.01. The molecule has 1 aromatic carbocycles. The average molecular weight is 307 g/mol. The van der Waals surface area contributed by atoms with Crippen molar-refractivity contribution in [2.24, 2.45) is 5.84 Å². The molecule has 0 radical (unpaired) electrons. The van der Waals surface area contributed by atoms with E-state index in [4.69, 9.17) is 17.4 Å². The van der Waals surface area contributed by atoms with Crippen LogP contribution < -0.4 is 11.3 Å². The van der Waals surface area contributed by atoms with Crippen molar-refractivity contribution in [3.8, 4) is 0 Å². The van der Waals surface area contributed by atoms with Crippen LogP contribution in [-0.4, -0.2) is 9.78 Å². The van der Waals surface area contributed by atoms with Gasteiger partial charge in [0.2, 0.25) is 0 Å². The van der Waals surface area contributed by atoms with E-state index in [0.717, 1.165) is 34.7 Å². The number of hydrogen-bond acceptors (Lipinski definition) is 3. The van der Waals surface area contributed by atoms with E-state index in [1.54, 1.807) is 0 Å². The van der Waals surface area contributed by atoms with E-state index in [1.165, 1.54) is 0 Å². The van der Waals surface area contributed by atoms with Gasteiger partial charge in [-0.3, -0.25) is 16.0 Å². The number of rotatable bonds is 6. The summed E-state index contributed by atoms with van der Waals surface area (Å²) in [5.41, 5.74) is 6.21. The van der Waals surface area contributed by atoms with Crippen LogP contribution in [0.3, 0.4) is 0 Å². The van der Waals surface area contributed by atoms with Crippen LogP contribution in [-0.2, 0) is 6.42 Å². The van der Waals surface area contributed by atoms with Crippen molar-refractivity contribution in [1.29, 1.82) is 0 Å². The fraction of sp³-hybridized carbons (Fsp3) is 0.438. The lowest BCUT2D eigenvalue weighted by Gasteiger charge is -2.18. The lowest BCUT2D eigenvalue weighted by Crippen LogP contribution is -2.30. The van der Waals surface area contributed by atoms with Crippen LogP contribution in [0.1, 0.15) is 49.2 Å². The highest BCUT2D eigenvalue weighted by Gasteiger charge is 2.15. The fourth-order valence-electron chi connectivity index (χ4n) is 2.42. The fourth-order valence-corrected chi connectivity index (χ4v) is 2.64. The first-order valence-electron chi connectivity index (χ1n) is 7.31. The molecule has 0 bridgehead atoms. The lowest BCUT2D eigenvalue weighted by molar-refractivity contribution is 0.467. The molecule has 0 spiro atoms. The second kappa shape index (κ2) is 7.07. The minimum atomic E-state index is 0.0301. The zero-order valence-electron chi connectivity index (χ0n) is 12.8. The van der Waals surface area contributed by atoms with Crippen molar-refractivity contribution in [1.82, 2.24) is 15.2 Å². The highest BCUT2D eigenvalue weighted by molar-refractivity contribution is 6.30. The molecule has 3 N–H and O–H groups in total. The van der Waals surface area contributed by atoms with E-state index >= 15 is 0 Å². The van der Waals surface area contributed by atoms with Gasteiger partial charge in [-0.15, -0.1) is 0 Å². The van der Waals surface area contributed by atoms with Gasteiger partial charge in [0.25, 0.3) is 0 Å². The van der Waals surface area contributed by atoms with Gasteiger partial charge in [-0.2, -0.15) is 5.10 Å². The average Bonchev–Trinajstić information content (AvgIpc) is 2.93. The lowest BCUT2D eigenvalue weighted by atomic mass is 9.98. The molecule has 4 nitrogen and oxygen atoms in total. The molecule has 2 unspecified atom stereocenters. The number of nitrogens with one attached hydrogen (secondary N) is 1. The molecule has 2 aromatic rings.